The Hall–Kier alpha value is -2.31. The van der Waals surface area contributed by atoms with Crippen LogP contribution in [0.5, 0.6) is 5.75 Å². The molecule has 0 saturated carbocycles. The lowest BCUT2D eigenvalue weighted by Crippen LogP contribution is -2.13. The quantitative estimate of drug-likeness (QED) is 0.716. The average Bonchev–Trinajstić information content (AvgIpc) is 3.20. The predicted octanol–water partition coefficient (Wildman–Crippen LogP) is 4.44. The molecule has 0 fully saturated rings. The first-order valence-corrected chi connectivity index (χ1v) is 8.26. The number of nitrogens with one attached hydrogen (secondary N) is 2. The molecule has 3 rings (SSSR count). The number of aromatic nitrogens is 2. The van der Waals surface area contributed by atoms with Crippen LogP contribution in [0.15, 0.2) is 41.8 Å². The van der Waals surface area contributed by atoms with Crippen LogP contribution in [0.2, 0.25) is 5.02 Å². The number of thiophene rings is 1. The molecule has 2 heterocycles. The third-order valence-corrected chi connectivity index (χ3v) is 4.23. The first-order valence-electron chi connectivity index (χ1n) is 7.00. The SMILES string of the molecule is CCOc1ccc(Cl)cc1NC(=O)c1cc(-c2cccs2)[nH]n1. The number of hydrogen-bond donors (Lipinski definition) is 2. The molecule has 0 saturated heterocycles. The lowest BCUT2D eigenvalue weighted by molar-refractivity contribution is 0.102. The lowest BCUT2D eigenvalue weighted by Gasteiger charge is -2.11. The van der Waals surface area contributed by atoms with E-state index in [-0.39, 0.29) is 5.91 Å². The van der Waals surface area contributed by atoms with Gasteiger partial charge in [-0.05, 0) is 42.6 Å². The molecule has 0 aliphatic heterocycles. The van der Waals surface area contributed by atoms with Gasteiger partial charge in [-0.25, -0.2) is 0 Å². The van der Waals surface area contributed by atoms with Gasteiger partial charge in [0.1, 0.15) is 5.75 Å². The van der Waals surface area contributed by atoms with Crippen LogP contribution in [0, 0.1) is 0 Å². The van der Waals surface area contributed by atoms with E-state index in [2.05, 4.69) is 15.5 Å². The van der Waals surface area contributed by atoms with Crippen molar-refractivity contribution in [1.82, 2.24) is 10.2 Å². The molecule has 0 radical (unpaired) electrons. The standard InChI is InChI=1S/C16H14ClN3O2S/c1-2-22-14-6-5-10(17)8-11(14)18-16(21)13-9-12(19-20-13)15-4-3-7-23-15/h3-9H,2H2,1H3,(H,18,21)(H,19,20). The third-order valence-electron chi connectivity index (χ3n) is 3.09. The van der Waals surface area contributed by atoms with Gasteiger partial charge in [0, 0.05) is 5.02 Å². The highest BCUT2D eigenvalue weighted by Gasteiger charge is 2.14. The number of ether oxygens (including phenoxy) is 1. The normalized spacial score (nSPS) is 10.5. The van der Waals surface area contributed by atoms with Crippen molar-refractivity contribution in [2.45, 2.75) is 6.92 Å². The zero-order chi connectivity index (χ0) is 16.2. The lowest BCUT2D eigenvalue weighted by atomic mass is 10.2. The Balaban J connectivity index is 1.81. The summed E-state index contributed by atoms with van der Waals surface area (Å²) >= 11 is 7.57. The Labute approximate surface area is 142 Å². The first kappa shape index (κ1) is 15.6. The molecule has 23 heavy (non-hydrogen) atoms. The summed E-state index contributed by atoms with van der Waals surface area (Å²) in [6.07, 6.45) is 0. The molecule has 1 amide bonds. The van der Waals surface area contributed by atoms with Crippen molar-refractivity contribution >= 4 is 34.5 Å². The van der Waals surface area contributed by atoms with Gasteiger partial charge in [0.05, 0.1) is 22.9 Å². The number of H-pyrrole nitrogens is 1. The van der Waals surface area contributed by atoms with Gasteiger partial charge in [0.2, 0.25) is 0 Å². The molecule has 0 spiro atoms. The number of benzene rings is 1. The molecule has 2 aromatic heterocycles. The van der Waals surface area contributed by atoms with Gasteiger partial charge < -0.3 is 10.1 Å². The van der Waals surface area contributed by atoms with Gasteiger partial charge in [0.15, 0.2) is 5.69 Å². The fourth-order valence-corrected chi connectivity index (χ4v) is 2.93. The molecule has 0 unspecified atom stereocenters. The Morgan fingerprint density at radius 2 is 2.26 bits per heavy atom. The van der Waals surface area contributed by atoms with Gasteiger partial charge in [-0.15, -0.1) is 11.3 Å². The van der Waals surface area contributed by atoms with Gasteiger partial charge in [-0.1, -0.05) is 17.7 Å². The van der Waals surface area contributed by atoms with Gasteiger partial charge in [-0.2, -0.15) is 5.10 Å². The molecule has 0 aliphatic carbocycles. The van der Waals surface area contributed by atoms with E-state index in [0.717, 1.165) is 10.6 Å². The average molecular weight is 348 g/mol. The monoisotopic (exact) mass is 347 g/mol. The number of anilines is 1. The van der Waals surface area contributed by atoms with E-state index in [1.165, 1.54) is 0 Å². The van der Waals surface area contributed by atoms with E-state index in [9.17, 15) is 4.79 Å². The van der Waals surface area contributed by atoms with Crippen LogP contribution >= 0.6 is 22.9 Å². The number of halogens is 1. The molecule has 118 valence electrons. The summed E-state index contributed by atoms with van der Waals surface area (Å²) in [5.74, 6) is 0.242. The third kappa shape index (κ3) is 3.55. The van der Waals surface area contributed by atoms with Gasteiger partial charge in [-0.3, -0.25) is 9.89 Å². The fourth-order valence-electron chi connectivity index (χ4n) is 2.06. The number of carbonyl (C=O) groups excluding carboxylic acids is 1. The van der Waals surface area contributed by atoms with E-state index < -0.39 is 0 Å². The van der Waals surface area contributed by atoms with Crippen molar-refractivity contribution in [3.63, 3.8) is 0 Å². The highest BCUT2D eigenvalue weighted by Crippen LogP contribution is 2.29. The molecule has 0 aliphatic rings. The second-order valence-corrected chi connectivity index (χ2v) is 6.06. The molecule has 2 N–H and O–H groups in total. The van der Waals surface area contributed by atoms with Crippen molar-refractivity contribution < 1.29 is 9.53 Å². The second kappa shape index (κ2) is 6.85. The molecule has 7 heteroatoms. The molecule has 0 bridgehead atoms. The Bertz CT molecular complexity index is 815. The largest absolute Gasteiger partial charge is 0.492 e. The van der Waals surface area contributed by atoms with Crippen molar-refractivity contribution in [3.05, 3.63) is 52.5 Å². The summed E-state index contributed by atoms with van der Waals surface area (Å²) in [7, 11) is 0. The van der Waals surface area contributed by atoms with Crippen LogP contribution in [0.3, 0.4) is 0 Å². The van der Waals surface area contributed by atoms with Crippen molar-refractivity contribution in [2.24, 2.45) is 0 Å². The molecular weight excluding hydrogens is 334 g/mol. The number of aromatic amines is 1. The fraction of sp³-hybridized carbons (Fsp3) is 0.125. The molecule has 0 atom stereocenters. The minimum atomic E-state index is -0.327. The van der Waals surface area contributed by atoms with Gasteiger partial charge >= 0.3 is 0 Å². The molecule has 5 nitrogen and oxygen atoms in total. The van der Waals surface area contributed by atoms with E-state index in [1.807, 2.05) is 24.4 Å². The van der Waals surface area contributed by atoms with Crippen LogP contribution in [-0.2, 0) is 0 Å². The van der Waals surface area contributed by atoms with Crippen molar-refractivity contribution in [1.29, 1.82) is 0 Å². The summed E-state index contributed by atoms with van der Waals surface area (Å²) in [5, 5.41) is 12.2. The minimum absolute atomic E-state index is 0.302. The van der Waals surface area contributed by atoms with Crippen LogP contribution in [0.4, 0.5) is 5.69 Å². The molecule has 1 aromatic carbocycles. The second-order valence-electron chi connectivity index (χ2n) is 4.67. The summed E-state index contributed by atoms with van der Waals surface area (Å²) in [6, 6.07) is 10.7. The summed E-state index contributed by atoms with van der Waals surface area (Å²) in [6.45, 7) is 2.37. The molecule has 3 aromatic rings. The van der Waals surface area contributed by atoms with E-state index in [0.29, 0.717) is 28.8 Å². The smallest absolute Gasteiger partial charge is 0.276 e. The summed E-state index contributed by atoms with van der Waals surface area (Å²) in [5.41, 5.74) is 1.63. The van der Waals surface area contributed by atoms with Crippen molar-refractivity contribution in [2.75, 3.05) is 11.9 Å². The highest BCUT2D eigenvalue weighted by atomic mass is 35.5. The van der Waals surface area contributed by atoms with E-state index in [1.54, 1.807) is 35.6 Å². The topological polar surface area (TPSA) is 67.0 Å². The highest BCUT2D eigenvalue weighted by molar-refractivity contribution is 7.13. The summed E-state index contributed by atoms with van der Waals surface area (Å²) < 4.78 is 5.49. The first-order chi connectivity index (χ1) is 11.2. The van der Waals surface area contributed by atoms with Crippen molar-refractivity contribution in [3.8, 4) is 16.3 Å². The van der Waals surface area contributed by atoms with E-state index >= 15 is 0 Å². The number of hydrogen-bond acceptors (Lipinski definition) is 4. The molecular formula is C16H14ClN3O2S. The Morgan fingerprint density at radius 3 is 3.00 bits per heavy atom. The van der Waals surface area contributed by atoms with Gasteiger partial charge in [0.25, 0.3) is 5.91 Å². The van der Waals surface area contributed by atoms with Crippen LogP contribution in [0.25, 0.3) is 10.6 Å². The minimum Gasteiger partial charge on any atom is -0.492 e. The maximum Gasteiger partial charge on any atom is 0.276 e. The van der Waals surface area contributed by atoms with Crippen LogP contribution < -0.4 is 10.1 Å². The summed E-state index contributed by atoms with van der Waals surface area (Å²) in [4.78, 5) is 13.4. The zero-order valence-electron chi connectivity index (χ0n) is 12.3. The maximum atomic E-state index is 12.4. The Morgan fingerprint density at radius 1 is 1.39 bits per heavy atom. The maximum absolute atomic E-state index is 12.4. The number of amides is 1. The van der Waals surface area contributed by atoms with Crippen LogP contribution in [-0.4, -0.2) is 22.7 Å². The number of rotatable bonds is 5. The Kier molecular flexibility index (Phi) is 4.64. The number of carbonyl (C=O) groups is 1. The van der Waals surface area contributed by atoms with E-state index in [4.69, 9.17) is 16.3 Å². The predicted molar refractivity (Wildman–Crippen MR) is 92.5 cm³/mol. The number of nitrogens with zero attached hydrogens (tertiary/aromatic N) is 1. The van der Waals surface area contributed by atoms with Crippen LogP contribution in [0.1, 0.15) is 17.4 Å². The zero-order valence-corrected chi connectivity index (χ0v) is 13.9.